The number of hydrogen-bond donors (Lipinski definition) is 1. The summed E-state index contributed by atoms with van der Waals surface area (Å²) >= 11 is 0. The van der Waals surface area contributed by atoms with Gasteiger partial charge in [-0.3, -0.25) is 0 Å². The maximum Gasteiger partial charge on any atom is 0.390 e. The summed E-state index contributed by atoms with van der Waals surface area (Å²) < 4.78 is 36.3. The van der Waals surface area contributed by atoms with Crippen molar-refractivity contribution in [2.75, 3.05) is 26.2 Å². The zero-order valence-corrected chi connectivity index (χ0v) is 9.82. The minimum Gasteiger partial charge on any atom is -0.313 e. The van der Waals surface area contributed by atoms with Gasteiger partial charge in [-0.25, -0.2) is 0 Å². The summed E-state index contributed by atoms with van der Waals surface area (Å²) in [6, 6.07) is 0.362. The lowest BCUT2D eigenvalue weighted by atomic mass is 10.1. The molecule has 0 saturated carbocycles. The van der Waals surface area contributed by atoms with Gasteiger partial charge < -0.3 is 10.2 Å². The van der Waals surface area contributed by atoms with Gasteiger partial charge in [0.25, 0.3) is 0 Å². The standard InChI is InChI=1S/C11H21F3N2/c1-2-4-10-9-16(7-3-6-15-10)8-5-11(12,13)14/h10,15H,2-9H2,1H3. The molecule has 1 unspecified atom stereocenters. The fourth-order valence-electron chi connectivity index (χ4n) is 2.11. The summed E-state index contributed by atoms with van der Waals surface area (Å²) in [7, 11) is 0. The van der Waals surface area contributed by atoms with Crippen LogP contribution >= 0.6 is 0 Å². The van der Waals surface area contributed by atoms with Crippen LogP contribution < -0.4 is 5.32 Å². The van der Waals surface area contributed by atoms with Crippen molar-refractivity contribution in [2.45, 2.75) is 44.8 Å². The van der Waals surface area contributed by atoms with Crippen LogP contribution in [0, 0.1) is 0 Å². The predicted octanol–water partition coefficient (Wildman–Crippen LogP) is 2.40. The third-order valence-electron chi connectivity index (χ3n) is 2.91. The lowest BCUT2D eigenvalue weighted by molar-refractivity contribution is -0.138. The molecule has 96 valence electrons. The van der Waals surface area contributed by atoms with E-state index in [0.717, 1.165) is 38.9 Å². The van der Waals surface area contributed by atoms with Crippen LogP contribution in [-0.4, -0.2) is 43.3 Å². The van der Waals surface area contributed by atoms with Crippen molar-refractivity contribution in [1.29, 1.82) is 0 Å². The van der Waals surface area contributed by atoms with Crippen LogP contribution in [0.4, 0.5) is 13.2 Å². The van der Waals surface area contributed by atoms with Gasteiger partial charge in [0, 0.05) is 19.1 Å². The molecule has 5 heteroatoms. The fourth-order valence-corrected chi connectivity index (χ4v) is 2.11. The molecule has 0 radical (unpaired) electrons. The molecule has 1 aliphatic heterocycles. The molecular formula is C11H21F3N2. The first kappa shape index (κ1) is 13.8. The van der Waals surface area contributed by atoms with Crippen molar-refractivity contribution in [2.24, 2.45) is 0 Å². The molecule has 0 aromatic rings. The van der Waals surface area contributed by atoms with Gasteiger partial charge in [-0.2, -0.15) is 13.2 Å². The van der Waals surface area contributed by atoms with Crippen LogP contribution in [0.1, 0.15) is 32.6 Å². The second-order valence-corrected chi connectivity index (χ2v) is 4.46. The second-order valence-electron chi connectivity index (χ2n) is 4.46. The maximum absolute atomic E-state index is 12.1. The molecule has 0 aliphatic carbocycles. The highest BCUT2D eigenvalue weighted by Crippen LogP contribution is 2.20. The van der Waals surface area contributed by atoms with Gasteiger partial charge in [0.05, 0.1) is 6.42 Å². The third-order valence-corrected chi connectivity index (χ3v) is 2.91. The fraction of sp³-hybridized carbons (Fsp3) is 1.00. The van der Waals surface area contributed by atoms with Crippen LogP contribution in [0.25, 0.3) is 0 Å². The Kier molecular flexibility index (Phi) is 5.55. The quantitative estimate of drug-likeness (QED) is 0.809. The normalized spacial score (nSPS) is 24.4. The molecule has 0 amide bonds. The van der Waals surface area contributed by atoms with Crippen molar-refractivity contribution >= 4 is 0 Å². The predicted molar refractivity (Wildman–Crippen MR) is 58.4 cm³/mol. The summed E-state index contributed by atoms with van der Waals surface area (Å²) in [5, 5.41) is 3.39. The Balaban J connectivity index is 2.33. The number of rotatable bonds is 4. The van der Waals surface area contributed by atoms with Crippen LogP contribution in [0.5, 0.6) is 0 Å². The van der Waals surface area contributed by atoms with Gasteiger partial charge in [0.15, 0.2) is 0 Å². The molecule has 1 atom stereocenters. The maximum atomic E-state index is 12.1. The highest BCUT2D eigenvalue weighted by Gasteiger charge is 2.28. The minimum absolute atomic E-state index is 0.144. The lowest BCUT2D eigenvalue weighted by Crippen LogP contribution is -2.38. The van der Waals surface area contributed by atoms with E-state index in [9.17, 15) is 13.2 Å². The van der Waals surface area contributed by atoms with E-state index in [1.54, 1.807) is 0 Å². The second kappa shape index (κ2) is 6.45. The molecule has 1 saturated heterocycles. The van der Waals surface area contributed by atoms with Gasteiger partial charge in [0.1, 0.15) is 0 Å². The Morgan fingerprint density at radius 3 is 2.75 bits per heavy atom. The molecule has 1 heterocycles. The number of nitrogens with zero attached hydrogens (tertiary/aromatic N) is 1. The van der Waals surface area contributed by atoms with Crippen LogP contribution in [-0.2, 0) is 0 Å². The molecule has 1 rings (SSSR count). The van der Waals surface area contributed by atoms with E-state index in [0.29, 0.717) is 6.04 Å². The summed E-state index contributed by atoms with van der Waals surface area (Å²) in [6.07, 6.45) is -1.66. The topological polar surface area (TPSA) is 15.3 Å². The Hall–Kier alpha value is -0.290. The van der Waals surface area contributed by atoms with E-state index in [-0.39, 0.29) is 6.54 Å². The Bertz CT molecular complexity index is 194. The number of nitrogens with one attached hydrogen (secondary N) is 1. The third kappa shape index (κ3) is 5.70. The van der Waals surface area contributed by atoms with Crippen LogP contribution in [0.3, 0.4) is 0 Å². The van der Waals surface area contributed by atoms with Gasteiger partial charge in [-0.1, -0.05) is 13.3 Å². The first-order valence-electron chi connectivity index (χ1n) is 6.04. The number of hydrogen-bond acceptors (Lipinski definition) is 2. The van der Waals surface area contributed by atoms with E-state index in [1.807, 2.05) is 4.90 Å². The molecule has 1 N–H and O–H groups in total. The van der Waals surface area contributed by atoms with Crippen molar-refractivity contribution in [1.82, 2.24) is 10.2 Å². The highest BCUT2D eigenvalue weighted by atomic mass is 19.4. The molecule has 2 nitrogen and oxygen atoms in total. The average Bonchev–Trinajstić information content (AvgIpc) is 2.40. The van der Waals surface area contributed by atoms with Crippen molar-refractivity contribution in [3.63, 3.8) is 0 Å². The Morgan fingerprint density at radius 2 is 2.12 bits per heavy atom. The summed E-state index contributed by atoms with van der Waals surface area (Å²) in [6.45, 7) is 4.71. The summed E-state index contributed by atoms with van der Waals surface area (Å²) in [5.74, 6) is 0. The van der Waals surface area contributed by atoms with Crippen molar-refractivity contribution < 1.29 is 13.2 Å². The molecule has 1 fully saturated rings. The molecule has 1 aliphatic rings. The van der Waals surface area contributed by atoms with Gasteiger partial charge >= 0.3 is 6.18 Å². The van der Waals surface area contributed by atoms with Crippen molar-refractivity contribution in [3.05, 3.63) is 0 Å². The molecule has 0 aromatic carbocycles. The lowest BCUT2D eigenvalue weighted by Gasteiger charge is -2.24. The summed E-state index contributed by atoms with van der Waals surface area (Å²) in [5.41, 5.74) is 0. The van der Waals surface area contributed by atoms with Gasteiger partial charge in [-0.15, -0.1) is 0 Å². The van der Waals surface area contributed by atoms with Crippen LogP contribution in [0.15, 0.2) is 0 Å². The van der Waals surface area contributed by atoms with Crippen molar-refractivity contribution in [3.8, 4) is 0 Å². The monoisotopic (exact) mass is 238 g/mol. The first-order chi connectivity index (χ1) is 7.51. The average molecular weight is 238 g/mol. The molecule has 0 aromatic heterocycles. The zero-order chi connectivity index (χ0) is 12.0. The smallest absolute Gasteiger partial charge is 0.313 e. The molecule has 0 bridgehead atoms. The van der Waals surface area contributed by atoms with E-state index in [2.05, 4.69) is 12.2 Å². The summed E-state index contributed by atoms with van der Waals surface area (Å²) in [4.78, 5) is 1.94. The van der Waals surface area contributed by atoms with E-state index >= 15 is 0 Å². The zero-order valence-electron chi connectivity index (χ0n) is 9.82. The Labute approximate surface area is 95.2 Å². The molecule has 16 heavy (non-hydrogen) atoms. The van der Waals surface area contributed by atoms with Crippen LogP contribution in [0.2, 0.25) is 0 Å². The molecular weight excluding hydrogens is 217 g/mol. The van der Waals surface area contributed by atoms with Gasteiger partial charge in [-0.05, 0) is 25.9 Å². The van der Waals surface area contributed by atoms with E-state index in [4.69, 9.17) is 0 Å². The van der Waals surface area contributed by atoms with E-state index in [1.165, 1.54) is 0 Å². The first-order valence-corrected chi connectivity index (χ1v) is 6.04. The largest absolute Gasteiger partial charge is 0.390 e. The highest BCUT2D eigenvalue weighted by molar-refractivity contribution is 4.76. The van der Waals surface area contributed by atoms with Gasteiger partial charge in [0.2, 0.25) is 0 Å². The molecule has 0 spiro atoms. The minimum atomic E-state index is -4.03. The Morgan fingerprint density at radius 1 is 1.38 bits per heavy atom. The number of halogens is 3. The number of alkyl halides is 3. The van der Waals surface area contributed by atoms with E-state index < -0.39 is 12.6 Å². The SMILES string of the molecule is CCCC1CN(CCC(F)(F)F)CCCN1.